The average molecular weight is 282 g/mol. The number of anilines is 1. The highest BCUT2D eigenvalue weighted by molar-refractivity contribution is 6.32. The minimum Gasteiger partial charge on any atom is -0.383 e. The summed E-state index contributed by atoms with van der Waals surface area (Å²) in [5.74, 6) is -0.231. The molecule has 1 unspecified atom stereocenters. The van der Waals surface area contributed by atoms with Gasteiger partial charge in [0, 0.05) is 12.2 Å². The monoisotopic (exact) mass is 281 g/mol. The minimum atomic E-state index is -0.231. The number of hydrogen-bond acceptors (Lipinski definition) is 3. The molecular weight excluding hydrogens is 270 g/mol. The van der Waals surface area contributed by atoms with Crippen molar-refractivity contribution in [3.8, 4) is 12.1 Å². The Hall–Kier alpha value is -2.49. The first-order valence-corrected chi connectivity index (χ1v) is 6.50. The predicted octanol–water partition coefficient (Wildman–Crippen LogP) is 3.93. The summed E-state index contributed by atoms with van der Waals surface area (Å²) in [6.45, 7) is 0.489. The lowest BCUT2D eigenvalue weighted by molar-refractivity contribution is 0.901. The van der Waals surface area contributed by atoms with Gasteiger partial charge in [-0.25, -0.2) is 0 Å². The van der Waals surface area contributed by atoms with Crippen LogP contribution in [0.3, 0.4) is 0 Å². The van der Waals surface area contributed by atoms with Crippen molar-refractivity contribution in [3.63, 3.8) is 0 Å². The third kappa shape index (κ3) is 3.29. The lowest BCUT2D eigenvalue weighted by atomic mass is 10.0. The molecule has 0 aliphatic heterocycles. The molecule has 0 aliphatic carbocycles. The molecule has 0 fully saturated rings. The van der Waals surface area contributed by atoms with Crippen LogP contribution in [-0.4, -0.2) is 6.54 Å². The van der Waals surface area contributed by atoms with Gasteiger partial charge in [0.05, 0.1) is 22.6 Å². The number of nitrogens with zero attached hydrogens (tertiary/aromatic N) is 2. The van der Waals surface area contributed by atoms with E-state index in [0.29, 0.717) is 17.1 Å². The van der Waals surface area contributed by atoms with Gasteiger partial charge in [0.25, 0.3) is 0 Å². The van der Waals surface area contributed by atoms with Crippen LogP contribution in [-0.2, 0) is 0 Å². The first-order valence-electron chi connectivity index (χ1n) is 6.12. The zero-order valence-electron chi connectivity index (χ0n) is 10.7. The molecule has 0 aromatic heterocycles. The van der Waals surface area contributed by atoms with Gasteiger partial charge in [-0.1, -0.05) is 41.9 Å². The van der Waals surface area contributed by atoms with E-state index in [1.54, 1.807) is 18.2 Å². The number of nitrogens with one attached hydrogen (secondary N) is 1. The van der Waals surface area contributed by atoms with Crippen LogP contribution in [0.1, 0.15) is 17.0 Å². The Labute approximate surface area is 123 Å². The topological polar surface area (TPSA) is 59.6 Å². The van der Waals surface area contributed by atoms with Gasteiger partial charge in [-0.15, -0.1) is 0 Å². The van der Waals surface area contributed by atoms with E-state index in [-0.39, 0.29) is 5.92 Å². The largest absolute Gasteiger partial charge is 0.383 e. The van der Waals surface area contributed by atoms with Crippen LogP contribution < -0.4 is 5.32 Å². The standard InChI is InChI=1S/C16H12ClN3/c17-16-8-15(7-6-13(16)9-18)20-11-14(10-19)12-4-2-1-3-5-12/h1-8,14,20H,11H2. The molecule has 4 heteroatoms. The second-order valence-corrected chi connectivity index (χ2v) is 4.69. The average Bonchev–Trinajstić information content (AvgIpc) is 2.49. The van der Waals surface area contributed by atoms with Crippen LogP contribution in [0, 0.1) is 22.7 Å². The molecule has 0 bridgehead atoms. The molecule has 0 amide bonds. The molecule has 0 saturated carbocycles. The van der Waals surface area contributed by atoms with Gasteiger partial charge >= 0.3 is 0 Å². The van der Waals surface area contributed by atoms with Gasteiger partial charge in [-0.05, 0) is 23.8 Å². The quantitative estimate of drug-likeness (QED) is 0.923. The lowest BCUT2D eigenvalue weighted by Gasteiger charge is -2.12. The molecule has 2 aromatic rings. The minimum absolute atomic E-state index is 0.231. The summed E-state index contributed by atoms with van der Waals surface area (Å²) in [4.78, 5) is 0. The van der Waals surface area contributed by atoms with Crippen molar-refractivity contribution in [1.29, 1.82) is 10.5 Å². The maximum atomic E-state index is 9.24. The van der Waals surface area contributed by atoms with E-state index in [9.17, 15) is 5.26 Å². The predicted molar refractivity (Wildman–Crippen MR) is 79.5 cm³/mol. The van der Waals surface area contributed by atoms with Crippen LogP contribution in [0.25, 0.3) is 0 Å². The van der Waals surface area contributed by atoms with Gasteiger partial charge in [0.15, 0.2) is 0 Å². The molecule has 1 atom stereocenters. The van der Waals surface area contributed by atoms with Crippen LogP contribution in [0.4, 0.5) is 5.69 Å². The number of rotatable bonds is 4. The van der Waals surface area contributed by atoms with Crippen molar-refractivity contribution in [2.45, 2.75) is 5.92 Å². The normalized spacial score (nSPS) is 11.2. The molecule has 3 nitrogen and oxygen atoms in total. The Morgan fingerprint density at radius 3 is 2.45 bits per heavy atom. The summed E-state index contributed by atoms with van der Waals surface area (Å²) >= 11 is 5.97. The highest BCUT2D eigenvalue weighted by Crippen LogP contribution is 2.21. The number of nitriles is 2. The van der Waals surface area contributed by atoms with Gasteiger partial charge in [-0.3, -0.25) is 0 Å². The Morgan fingerprint density at radius 1 is 1.10 bits per heavy atom. The summed E-state index contributed by atoms with van der Waals surface area (Å²) in [6.07, 6.45) is 0. The molecule has 2 aromatic carbocycles. The van der Waals surface area contributed by atoms with E-state index < -0.39 is 0 Å². The van der Waals surface area contributed by atoms with E-state index in [2.05, 4.69) is 11.4 Å². The Morgan fingerprint density at radius 2 is 1.85 bits per heavy atom. The summed E-state index contributed by atoms with van der Waals surface area (Å²) < 4.78 is 0. The molecule has 2 rings (SSSR count). The molecule has 0 aliphatic rings. The highest BCUT2D eigenvalue weighted by Gasteiger charge is 2.10. The van der Waals surface area contributed by atoms with Crippen molar-refractivity contribution >= 4 is 17.3 Å². The third-order valence-electron chi connectivity index (χ3n) is 2.96. The second-order valence-electron chi connectivity index (χ2n) is 4.28. The maximum absolute atomic E-state index is 9.24. The van der Waals surface area contributed by atoms with Gasteiger partial charge in [-0.2, -0.15) is 10.5 Å². The fraction of sp³-hybridized carbons (Fsp3) is 0.125. The number of halogens is 1. The van der Waals surface area contributed by atoms with Crippen molar-refractivity contribution in [1.82, 2.24) is 0 Å². The first-order chi connectivity index (χ1) is 9.74. The van der Waals surface area contributed by atoms with E-state index in [1.807, 2.05) is 36.4 Å². The zero-order valence-corrected chi connectivity index (χ0v) is 11.4. The smallest absolute Gasteiger partial charge is 0.101 e. The molecule has 20 heavy (non-hydrogen) atoms. The Kier molecular flexibility index (Phi) is 4.60. The van der Waals surface area contributed by atoms with E-state index >= 15 is 0 Å². The zero-order chi connectivity index (χ0) is 14.4. The summed E-state index contributed by atoms with van der Waals surface area (Å²) in [7, 11) is 0. The molecule has 0 heterocycles. The summed E-state index contributed by atoms with van der Waals surface area (Å²) in [5, 5.41) is 21.6. The maximum Gasteiger partial charge on any atom is 0.101 e. The van der Waals surface area contributed by atoms with Crippen LogP contribution in [0.2, 0.25) is 5.02 Å². The fourth-order valence-electron chi connectivity index (χ4n) is 1.86. The van der Waals surface area contributed by atoms with E-state index in [1.165, 1.54) is 0 Å². The third-order valence-corrected chi connectivity index (χ3v) is 3.27. The van der Waals surface area contributed by atoms with Gasteiger partial charge in [0.1, 0.15) is 6.07 Å². The summed E-state index contributed by atoms with van der Waals surface area (Å²) in [5.41, 5.74) is 2.21. The molecule has 0 spiro atoms. The Bertz CT molecular complexity index is 668. The van der Waals surface area contributed by atoms with Gasteiger partial charge in [0.2, 0.25) is 0 Å². The molecule has 1 N–H and O–H groups in total. The van der Waals surface area contributed by atoms with E-state index in [4.69, 9.17) is 16.9 Å². The number of hydrogen-bond donors (Lipinski definition) is 1. The summed E-state index contributed by atoms with van der Waals surface area (Å²) in [6, 6.07) is 19.0. The highest BCUT2D eigenvalue weighted by atomic mass is 35.5. The van der Waals surface area contributed by atoms with Crippen LogP contribution in [0.15, 0.2) is 48.5 Å². The van der Waals surface area contributed by atoms with Crippen LogP contribution >= 0.6 is 11.6 Å². The lowest BCUT2D eigenvalue weighted by Crippen LogP contribution is -2.11. The molecule has 0 saturated heterocycles. The Balaban J connectivity index is 2.07. The SMILES string of the molecule is N#Cc1ccc(NCC(C#N)c2ccccc2)cc1Cl. The van der Waals surface area contributed by atoms with Crippen molar-refractivity contribution in [3.05, 3.63) is 64.7 Å². The number of benzene rings is 2. The van der Waals surface area contributed by atoms with Crippen molar-refractivity contribution < 1.29 is 0 Å². The second kappa shape index (κ2) is 6.61. The fourth-order valence-corrected chi connectivity index (χ4v) is 2.08. The van der Waals surface area contributed by atoms with Crippen molar-refractivity contribution in [2.75, 3.05) is 11.9 Å². The van der Waals surface area contributed by atoms with E-state index in [0.717, 1.165) is 11.3 Å². The molecule has 0 radical (unpaired) electrons. The molecular formula is C16H12ClN3. The first kappa shape index (κ1) is 13.9. The van der Waals surface area contributed by atoms with Crippen molar-refractivity contribution in [2.24, 2.45) is 0 Å². The van der Waals surface area contributed by atoms with Crippen LogP contribution in [0.5, 0.6) is 0 Å². The molecule has 98 valence electrons. The van der Waals surface area contributed by atoms with Gasteiger partial charge < -0.3 is 5.32 Å².